The normalized spacial score (nSPS) is 10.2. The third kappa shape index (κ3) is 5.84. The number of ether oxygens (including phenoxy) is 1. The van der Waals surface area contributed by atoms with Crippen LogP contribution < -0.4 is 5.32 Å². The first kappa shape index (κ1) is 16.2. The highest BCUT2D eigenvalue weighted by Gasteiger charge is 2.11. The first-order valence-electron chi connectivity index (χ1n) is 6.72. The lowest BCUT2D eigenvalue weighted by Crippen LogP contribution is -2.26. The molecule has 0 aliphatic carbocycles. The van der Waals surface area contributed by atoms with Crippen molar-refractivity contribution in [2.45, 2.75) is 25.7 Å². The summed E-state index contributed by atoms with van der Waals surface area (Å²) < 4.78 is 4.94. The van der Waals surface area contributed by atoms with E-state index in [0.29, 0.717) is 12.1 Å². The summed E-state index contributed by atoms with van der Waals surface area (Å²) >= 11 is 0. The molecule has 0 saturated heterocycles. The van der Waals surface area contributed by atoms with Crippen molar-refractivity contribution in [2.75, 3.05) is 20.3 Å². The molecule has 1 aromatic rings. The van der Waals surface area contributed by atoms with Crippen molar-refractivity contribution in [3.8, 4) is 0 Å². The van der Waals surface area contributed by atoms with Crippen LogP contribution in [0.15, 0.2) is 24.3 Å². The summed E-state index contributed by atoms with van der Waals surface area (Å²) in [5.74, 6) is -1.15. The van der Waals surface area contributed by atoms with E-state index in [1.54, 1.807) is 25.3 Å². The Morgan fingerprint density at radius 3 is 2.65 bits per heavy atom. The fourth-order valence-corrected chi connectivity index (χ4v) is 1.89. The largest absolute Gasteiger partial charge is 0.478 e. The van der Waals surface area contributed by atoms with E-state index in [1.165, 1.54) is 6.07 Å². The molecule has 5 nitrogen and oxygen atoms in total. The number of hydrogen-bond donors (Lipinski definition) is 2. The monoisotopic (exact) mass is 279 g/mol. The Bertz CT molecular complexity index is 445. The van der Waals surface area contributed by atoms with Gasteiger partial charge in [-0.25, -0.2) is 4.79 Å². The van der Waals surface area contributed by atoms with Gasteiger partial charge in [0.15, 0.2) is 0 Å². The van der Waals surface area contributed by atoms with Crippen molar-refractivity contribution in [3.05, 3.63) is 35.4 Å². The number of carbonyl (C=O) groups is 2. The average molecular weight is 279 g/mol. The number of aromatic carboxylic acids is 1. The second-order valence-corrected chi connectivity index (χ2v) is 4.54. The van der Waals surface area contributed by atoms with Crippen LogP contribution in [0.2, 0.25) is 0 Å². The summed E-state index contributed by atoms with van der Waals surface area (Å²) in [5.41, 5.74) is 0.722. The van der Waals surface area contributed by atoms with Crippen LogP contribution in [0.5, 0.6) is 0 Å². The number of nitrogens with one attached hydrogen (secondary N) is 1. The zero-order valence-electron chi connectivity index (χ0n) is 11.7. The van der Waals surface area contributed by atoms with Crippen LogP contribution >= 0.6 is 0 Å². The SMILES string of the molecule is COCCCCCNC(=O)Cc1ccccc1C(=O)O. The summed E-state index contributed by atoms with van der Waals surface area (Å²) in [6.45, 7) is 1.34. The molecule has 0 spiro atoms. The van der Waals surface area contributed by atoms with Crippen LogP contribution in [-0.2, 0) is 16.0 Å². The fourth-order valence-electron chi connectivity index (χ4n) is 1.89. The van der Waals surface area contributed by atoms with Gasteiger partial charge in [-0.2, -0.15) is 0 Å². The lowest BCUT2D eigenvalue weighted by atomic mass is 10.0. The van der Waals surface area contributed by atoms with Gasteiger partial charge in [0, 0.05) is 20.3 Å². The molecule has 0 atom stereocenters. The number of benzene rings is 1. The standard InChI is InChI=1S/C15H21NO4/c1-20-10-6-2-5-9-16-14(17)11-12-7-3-4-8-13(12)15(18)19/h3-4,7-8H,2,5-6,9-11H2,1H3,(H,16,17)(H,18,19). The Morgan fingerprint density at radius 1 is 1.20 bits per heavy atom. The second kappa shape index (κ2) is 9.09. The average Bonchev–Trinajstić information content (AvgIpc) is 2.43. The Balaban J connectivity index is 2.34. The Hall–Kier alpha value is -1.88. The molecule has 0 saturated carbocycles. The smallest absolute Gasteiger partial charge is 0.335 e. The minimum absolute atomic E-state index is 0.0978. The zero-order chi connectivity index (χ0) is 14.8. The molecule has 20 heavy (non-hydrogen) atoms. The molecular weight excluding hydrogens is 258 g/mol. The lowest BCUT2D eigenvalue weighted by Gasteiger charge is -2.07. The summed E-state index contributed by atoms with van der Waals surface area (Å²) in [6, 6.07) is 6.57. The molecule has 0 aromatic heterocycles. The second-order valence-electron chi connectivity index (χ2n) is 4.54. The van der Waals surface area contributed by atoms with Crippen LogP contribution in [-0.4, -0.2) is 37.2 Å². The van der Waals surface area contributed by atoms with E-state index >= 15 is 0 Å². The molecule has 0 radical (unpaired) electrons. The Labute approximate surface area is 118 Å². The summed E-state index contributed by atoms with van der Waals surface area (Å²) in [6.07, 6.45) is 2.98. The first-order valence-corrected chi connectivity index (χ1v) is 6.72. The number of methoxy groups -OCH3 is 1. The highest BCUT2D eigenvalue weighted by atomic mass is 16.5. The fraction of sp³-hybridized carbons (Fsp3) is 0.467. The van der Waals surface area contributed by atoms with E-state index in [2.05, 4.69) is 5.32 Å². The Morgan fingerprint density at radius 2 is 1.95 bits per heavy atom. The number of rotatable bonds is 9. The maximum atomic E-state index is 11.7. The zero-order valence-corrected chi connectivity index (χ0v) is 11.7. The molecule has 2 N–H and O–H groups in total. The minimum atomic E-state index is -1.01. The van der Waals surface area contributed by atoms with E-state index in [0.717, 1.165) is 25.9 Å². The molecule has 5 heteroatoms. The van der Waals surface area contributed by atoms with Crippen molar-refractivity contribution in [1.29, 1.82) is 0 Å². The summed E-state index contributed by atoms with van der Waals surface area (Å²) in [7, 11) is 1.67. The van der Waals surface area contributed by atoms with Gasteiger partial charge in [-0.15, -0.1) is 0 Å². The van der Waals surface area contributed by atoms with Crippen molar-refractivity contribution in [3.63, 3.8) is 0 Å². The van der Waals surface area contributed by atoms with Crippen molar-refractivity contribution >= 4 is 11.9 Å². The third-order valence-corrected chi connectivity index (χ3v) is 2.95. The quantitative estimate of drug-likeness (QED) is 0.677. The van der Waals surface area contributed by atoms with Crippen molar-refractivity contribution in [1.82, 2.24) is 5.32 Å². The number of amides is 1. The number of carbonyl (C=O) groups excluding carboxylic acids is 1. The molecule has 110 valence electrons. The van der Waals surface area contributed by atoms with Gasteiger partial charge in [-0.3, -0.25) is 4.79 Å². The number of carboxylic acids is 1. The number of carboxylic acid groups (broad SMARTS) is 1. The van der Waals surface area contributed by atoms with Gasteiger partial charge >= 0.3 is 5.97 Å². The van der Waals surface area contributed by atoms with E-state index in [9.17, 15) is 9.59 Å². The maximum Gasteiger partial charge on any atom is 0.335 e. The van der Waals surface area contributed by atoms with Crippen LogP contribution in [0.4, 0.5) is 0 Å². The van der Waals surface area contributed by atoms with Gasteiger partial charge < -0.3 is 15.2 Å². The van der Waals surface area contributed by atoms with Crippen LogP contribution in [0.3, 0.4) is 0 Å². The third-order valence-electron chi connectivity index (χ3n) is 2.95. The van der Waals surface area contributed by atoms with E-state index in [4.69, 9.17) is 9.84 Å². The minimum Gasteiger partial charge on any atom is -0.478 e. The predicted octanol–water partition coefficient (Wildman–Crippen LogP) is 1.86. The molecule has 1 rings (SSSR count). The van der Waals surface area contributed by atoms with Crippen molar-refractivity contribution in [2.24, 2.45) is 0 Å². The number of unbranched alkanes of at least 4 members (excludes halogenated alkanes) is 2. The Kier molecular flexibility index (Phi) is 7.35. The van der Waals surface area contributed by atoms with Gasteiger partial charge in [-0.1, -0.05) is 18.2 Å². The molecule has 1 aromatic carbocycles. The van der Waals surface area contributed by atoms with E-state index in [1.807, 2.05) is 0 Å². The predicted molar refractivity (Wildman–Crippen MR) is 75.8 cm³/mol. The highest BCUT2D eigenvalue weighted by Crippen LogP contribution is 2.09. The van der Waals surface area contributed by atoms with Gasteiger partial charge in [0.1, 0.15) is 0 Å². The highest BCUT2D eigenvalue weighted by molar-refractivity contribution is 5.91. The van der Waals surface area contributed by atoms with Gasteiger partial charge in [0.2, 0.25) is 5.91 Å². The van der Waals surface area contributed by atoms with Gasteiger partial charge in [0.25, 0.3) is 0 Å². The van der Waals surface area contributed by atoms with Crippen LogP contribution in [0.25, 0.3) is 0 Å². The molecule has 1 amide bonds. The van der Waals surface area contributed by atoms with Gasteiger partial charge in [0.05, 0.1) is 12.0 Å². The first-order chi connectivity index (χ1) is 9.65. The molecule has 0 bridgehead atoms. The molecular formula is C15H21NO4. The van der Waals surface area contributed by atoms with Crippen molar-refractivity contribution < 1.29 is 19.4 Å². The molecule has 0 unspecified atom stereocenters. The van der Waals surface area contributed by atoms with Crippen LogP contribution in [0.1, 0.15) is 35.2 Å². The summed E-state index contributed by atoms with van der Waals surface area (Å²) in [5, 5.41) is 11.8. The molecule has 0 fully saturated rings. The lowest BCUT2D eigenvalue weighted by molar-refractivity contribution is -0.120. The number of hydrogen-bond acceptors (Lipinski definition) is 3. The molecule has 0 heterocycles. The van der Waals surface area contributed by atoms with E-state index < -0.39 is 5.97 Å². The molecule has 0 aliphatic heterocycles. The van der Waals surface area contributed by atoms with Gasteiger partial charge in [-0.05, 0) is 30.9 Å². The molecule has 0 aliphatic rings. The van der Waals surface area contributed by atoms with E-state index in [-0.39, 0.29) is 17.9 Å². The van der Waals surface area contributed by atoms with Crippen LogP contribution in [0, 0.1) is 0 Å². The maximum absolute atomic E-state index is 11.7. The topological polar surface area (TPSA) is 75.6 Å². The summed E-state index contributed by atoms with van der Waals surface area (Å²) in [4.78, 5) is 22.8.